The van der Waals surface area contributed by atoms with Gasteiger partial charge in [0.1, 0.15) is 5.84 Å². The van der Waals surface area contributed by atoms with Gasteiger partial charge in [0.2, 0.25) is 5.13 Å². The molecule has 6 nitrogen and oxygen atoms in total. The van der Waals surface area contributed by atoms with Crippen molar-refractivity contribution in [2.75, 3.05) is 13.6 Å². The molecule has 7 heteroatoms. The topological polar surface area (TPSA) is 62.0 Å². The molecule has 0 saturated heterocycles. The highest BCUT2D eigenvalue weighted by Gasteiger charge is 2.29. The van der Waals surface area contributed by atoms with E-state index in [9.17, 15) is 4.79 Å². The molecule has 1 aromatic heterocycles. The fourth-order valence-corrected chi connectivity index (χ4v) is 4.17. The lowest BCUT2D eigenvalue weighted by atomic mass is 10.1. The van der Waals surface area contributed by atoms with Gasteiger partial charge in [-0.1, -0.05) is 61.1 Å². The van der Waals surface area contributed by atoms with E-state index in [2.05, 4.69) is 22.1 Å². The third-order valence-electron chi connectivity index (χ3n) is 4.93. The molecule has 3 aromatic rings. The number of nitrogens with one attached hydrogen (secondary N) is 1. The predicted octanol–water partition coefficient (Wildman–Crippen LogP) is 4.82. The highest BCUT2D eigenvalue weighted by Crippen LogP contribution is 2.32. The molecule has 0 saturated carbocycles. The lowest BCUT2D eigenvalue weighted by Crippen LogP contribution is -2.30. The number of likely N-dealkylation sites (N-methyl/N-ethyl adjacent to an activating group) is 1. The van der Waals surface area contributed by atoms with E-state index in [0.717, 1.165) is 34.2 Å². The smallest absolute Gasteiger partial charge is 0.273 e. The van der Waals surface area contributed by atoms with Gasteiger partial charge < -0.3 is 10.2 Å². The highest BCUT2D eigenvalue weighted by atomic mass is 32.1. The van der Waals surface area contributed by atoms with Crippen molar-refractivity contribution < 1.29 is 4.79 Å². The maximum Gasteiger partial charge on any atom is 0.273 e. The number of carbonyl (C=O) groups excluding carboxylic acids is 1. The molecule has 0 atom stereocenters. The van der Waals surface area contributed by atoms with Crippen molar-refractivity contribution in [1.29, 1.82) is 0 Å². The number of hydrogen-bond donors (Lipinski definition) is 1. The molecule has 150 valence electrons. The second-order valence-corrected chi connectivity index (χ2v) is 8.02. The monoisotopic (exact) mass is 415 g/mol. The van der Waals surface area contributed by atoms with Crippen LogP contribution in [-0.2, 0) is 4.79 Å². The fraction of sp³-hybridized carbons (Fsp3) is 0.217. The summed E-state index contributed by atoms with van der Waals surface area (Å²) in [5.74, 6) is 0.321. The number of hydrogen-bond acceptors (Lipinski definition) is 4. The van der Waals surface area contributed by atoms with Crippen LogP contribution in [0.25, 0.3) is 20.8 Å². The molecule has 1 N–H and O–H groups in total. The zero-order valence-corrected chi connectivity index (χ0v) is 17.7. The van der Waals surface area contributed by atoms with Crippen LogP contribution in [0.4, 0.5) is 5.13 Å². The van der Waals surface area contributed by atoms with Gasteiger partial charge in [-0.05, 0) is 24.1 Å². The van der Waals surface area contributed by atoms with Crippen LogP contribution < -0.4 is 5.32 Å². The van der Waals surface area contributed by atoms with Crippen LogP contribution in [0.1, 0.15) is 30.9 Å². The van der Waals surface area contributed by atoms with E-state index in [1.807, 2.05) is 48.5 Å². The summed E-state index contributed by atoms with van der Waals surface area (Å²) in [6, 6.07) is 15.6. The fourth-order valence-electron chi connectivity index (χ4n) is 3.33. The quantitative estimate of drug-likeness (QED) is 0.480. The van der Waals surface area contributed by atoms with Crippen LogP contribution >= 0.6 is 11.3 Å². The maximum atomic E-state index is 12.9. The lowest BCUT2D eigenvalue weighted by Gasteiger charge is -2.17. The van der Waals surface area contributed by atoms with Gasteiger partial charge in [0.25, 0.3) is 11.6 Å². The van der Waals surface area contributed by atoms with Crippen molar-refractivity contribution in [3.05, 3.63) is 76.8 Å². The molecule has 2 aromatic carbocycles. The lowest BCUT2D eigenvalue weighted by molar-refractivity contribution is -0.125. The van der Waals surface area contributed by atoms with Gasteiger partial charge in [0, 0.05) is 19.2 Å². The Labute approximate surface area is 179 Å². The number of rotatable bonds is 5. The van der Waals surface area contributed by atoms with Crippen LogP contribution in [0.2, 0.25) is 0 Å². The zero-order valence-electron chi connectivity index (χ0n) is 16.8. The number of amidine groups is 1. The Morgan fingerprint density at radius 1 is 1.20 bits per heavy atom. The summed E-state index contributed by atoms with van der Waals surface area (Å²) < 4.78 is 1.06. The van der Waals surface area contributed by atoms with Gasteiger partial charge in [0.05, 0.1) is 22.5 Å². The molecule has 0 bridgehead atoms. The van der Waals surface area contributed by atoms with Gasteiger partial charge in [-0.25, -0.2) is 14.8 Å². The van der Waals surface area contributed by atoms with E-state index in [0.29, 0.717) is 23.2 Å². The molecule has 0 spiro atoms. The first kappa shape index (κ1) is 19.8. The molecule has 0 fully saturated rings. The van der Waals surface area contributed by atoms with Crippen LogP contribution in [0.3, 0.4) is 0 Å². The van der Waals surface area contributed by atoms with E-state index in [4.69, 9.17) is 11.6 Å². The molecule has 0 aliphatic carbocycles. The molecule has 1 aliphatic rings. The average Bonchev–Trinajstić information content (AvgIpc) is 3.34. The number of unbranched alkanes of at least 4 members (excludes halogenated alkanes) is 1. The third-order valence-corrected chi connectivity index (χ3v) is 5.86. The number of amides is 1. The molecule has 4 rings (SSSR count). The Kier molecular flexibility index (Phi) is 5.59. The predicted molar refractivity (Wildman–Crippen MR) is 121 cm³/mol. The van der Waals surface area contributed by atoms with E-state index >= 15 is 0 Å². The SMILES string of the molecule is [C-]#[N+]/C(C(=O)N(C)CCCC)=C1/NC(=Nc2nc3ccccc3s2)c2ccccc21. The van der Waals surface area contributed by atoms with Crippen LogP contribution in [0, 0.1) is 6.57 Å². The molecule has 2 heterocycles. The van der Waals surface area contributed by atoms with Crippen molar-refractivity contribution in [3.63, 3.8) is 0 Å². The van der Waals surface area contributed by atoms with E-state index < -0.39 is 0 Å². The highest BCUT2D eigenvalue weighted by molar-refractivity contribution is 7.22. The van der Waals surface area contributed by atoms with Crippen LogP contribution in [0.15, 0.2) is 59.2 Å². The summed E-state index contributed by atoms with van der Waals surface area (Å²) >= 11 is 1.50. The maximum absolute atomic E-state index is 12.9. The number of para-hydroxylation sites is 1. The minimum absolute atomic E-state index is 0.0792. The van der Waals surface area contributed by atoms with E-state index in [1.165, 1.54) is 11.3 Å². The zero-order chi connectivity index (χ0) is 21.1. The number of nitrogens with zero attached hydrogens (tertiary/aromatic N) is 4. The summed E-state index contributed by atoms with van der Waals surface area (Å²) in [7, 11) is 1.74. The Morgan fingerprint density at radius 2 is 1.93 bits per heavy atom. The van der Waals surface area contributed by atoms with Gasteiger partial charge in [-0.2, -0.15) is 0 Å². The van der Waals surface area contributed by atoms with Crippen LogP contribution in [0.5, 0.6) is 0 Å². The van der Waals surface area contributed by atoms with Crippen molar-refractivity contribution >= 4 is 44.1 Å². The Bertz CT molecular complexity index is 1180. The van der Waals surface area contributed by atoms with Crippen molar-refractivity contribution in [2.45, 2.75) is 19.8 Å². The number of carbonyl (C=O) groups is 1. The van der Waals surface area contributed by atoms with Crippen molar-refractivity contribution in [2.24, 2.45) is 4.99 Å². The third kappa shape index (κ3) is 3.70. The molecule has 1 aliphatic heterocycles. The molecular weight excluding hydrogens is 394 g/mol. The van der Waals surface area contributed by atoms with E-state index in [1.54, 1.807) is 11.9 Å². The Morgan fingerprint density at radius 3 is 2.67 bits per heavy atom. The first-order valence-electron chi connectivity index (χ1n) is 9.80. The first-order chi connectivity index (χ1) is 14.6. The molecule has 30 heavy (non-hydrogen) atoms. The summed E-state index contributed by atoms with van der Waals surface area (Å²) in [6.45, 7) is 10.4. The Balaban J connectivity index is 1.75. The average molecular weight is 416 g/mol. The van der Waals surface area contributed by atoms with Crippen LogP contribution in [-0.4, -0.2) is 35.2 Å². The molecule has 0 radical (unpaired) electrons. The standard InChI is InChI=1S/C23H21N5OS/c1-4-5-14-28(3)22(29)20(24-2)19-15-10-6-7-11-16(15)21(26-19)27-23-25-17-12-8-9-13-18(17)30-23/h6-13H,4-5,14H2,1,3H3,(H,25,26,27)/b20-19+. The number of thiazole rings is 1. The second kappa shape index (κ2) is 8.47. The number of fused-ring (bicyclic) bond motifs is 2. The van der Waals surface area contributed by atoms with Gasteiger partial charge >= 0.3 is 0 Å². The largest absolute Gasteiger partial charge is 0.351 e. The number of benzene rings is 2. The molecule has 0 unspecified atom stereocenters. The van der Waals surface area contributed by atoms with Crippen molar-refractivity contribution in [1.82, 2.24) is 15.2 Å². The first-order valence-corrected chi connectivity index (χ1v) is 10.6. The minimum Gasteiger partial charge on any atom is -0.351 e. The Hall–Kier alpha value is -3.50. The number of aliphatic imine (C=N–C) groups is 1. The van der Waals surface area contributed by atoms with Gasteiger partial charge in [-0.15, -0.1) is 0 Å². The summed E-state index contributed by atoms with van der Waals surface area (Å²) in [6.07, 6.45) is 1.89. The molecular formula is C23H21N5OS. The summed E-state index contributed by atoms with van der Waals surface area (Å²) in [4.78, 5) is 27.4. The summed E-state index contributed by atoms with van der Waals surface area (Å²) in [5, 5.41) is 3.86. The van der Waals surface area contributed by atoms with Gasteiger partial charge in [0.15, 0.2) is 0 Å². The van der Waals surface area contributed by atoms with Crippen molar-refractivity contribution in [3.8, 4) is 0 Å². The summed E-state index contributed by atoms with van der Waals surface area (Å²) in [5.41, 5.74) is 3.15. The van der Waals surface area contributed by atoms with E-state index in [-0.39, 0.29) is 11.6 Å². The molecule has 1 amide bonds. The minimum atomic E-state index is -0.281. The normalized spacial score (nSPS) is 15.6. The number of aromatic nitrogens is 1. The second-order valence-electron chi connectivity index (χ2n) is 7.01. The van der Waals surface area contributed by atoms with Gasteiger partial charge in [-0.3, -0.25) is 4.79 Å².